The molecule has 0 radical (unpaired) electrons. The predicted octanol–water partition coefficient (Wildman–Crippen LogP) is 2.15. The monoisotopic (exact) mass is 462 g/mol. The Labute approximate surface area is 188 Å². The molecule has 2 aromatic rings. The molecule has 0 spiro atoms. The van der Waals surface area contributed by atoms with Crippen molar-refractivity contribution in [2.24, 2.45) is 5.73 Å². The zero-order valence-electron chi connectivity index (χ0n) is 18.9. The molecule has 1 atom stereocenters. The van der Waals surface area contributed by atoms with Crippen molar-refractivity contribution in [2.75, 3.05) is 26.2 Å². The third kappa shape index (κ3) is 4.77. The lowest BCUT2D eigenvalue weighted by molar-refractivity contribution is -0.126. The van der Waals surface area contributed by atoms with E-state index >= 15 is 0 Å². The number of rotatable bonds is 4. The van der Waals surface area contributed by atoms with Gasteiger partial charge in [-0.2, -0.15) is 4.31 Å². The van der Waals surface area contributed by atoms with E-state index < -0.39 is 33.0 Å². The highest BCUT2D eigenvalue weighted by atomic mass is 32.2. The summed E-state index contributed by atoms with van der Waals surface area (Å²) in [4.78, 5) is 31.2. The molecule has 1 fully saturated rings. The summed E-state index contributed by atoms with van der Waals surface area (Å²) in [5, 5.41) is 1.53. The Hall–Kier alpha value is -2.56. The van der Waals surface area contributed by atoms with Gasteiger partial charge in [-0.3, -0.25) is 9.78 Å². The van der Waals surface area contributed by atoms with Crippen LogP contribution in [0.15, 0.2) is 41.6 Å². The molecule has 32 heavy (non-hydrogen) atoms. The summed E-state index contributed by atoms with van der Waals surface area (Å²) in [6, 6.07) is 6.48. The fourth-order valence-electron chi connectivity index (χ4n) is 3.85. The van der Waals surface area contributed by atoms with Crippen LogP contribution in [0.4, 0.5) is 4.79 Å². The van der Waals surface area contributed by atoms with E-state index in [1.54, 1.807) is 51.4 Å². The van der Waals surface area contributed by atoms with Crippen LogP contribution in [-0.4, -0.2) is 71.8 Å². The van der Waals surface area contributed by atoms with Crippen molar-refractivity contribution in [1.82, 2.24) is 14.2 Å². The molecular weight excluding hydrogens is 432 g/mol. The summed E-state index contributed by atoms with van der Waals surface area (Å²) < 4.78 is 34.1. The molecule has 0 bridgehead atoms. The van der Waals surface area contributed by atoms with Gasteiger partial charge in [-0.15, -0.1) is 0 Å². The van der Waals surface area contributed by atoms with Gasteiger partial charge in [0.05, 0.1) is 18.0 Å². The first-order valence-corrected chi connectivity index (χ1v) is 11.9. The molecule has 2 heterocycles. The highest BCUT2D eigenvalue weighted by Gasteiger charge is 2.48. The Morgan fingerprint density at radius 2 is 1.91 bits per heavy atom. The molecule has 3 rings (SSSR count). The highest BCUT2D eigenvalue weighted by Crippen LogP contribution is 2.31. The second-order valence-corrected chi connectivity index (χ2v) is 11.0. The van der Waals surface area contributed by atoms with Crippen LogP contribution in [0.25, 0.3) is 10.8 Å². The number of nitrogens with zero attached hydrogens (tertiary/aromatic N) is 3. The number of Topliss-reactive ketones (excluding diaryl/α,β-unsaturated/α-hetero) is 1. The first-order valence-electron chi connectivity index (χ1n) is 10.5. The minimum Gasteiger partial charge on any atom is -0.444 e. The minimum atomic E-state index is -4.07. The van der Waals surface area contributed by atoms with E-state index in [0.29, 0.717) is 6.42 Å². The number of hydrogen-bond donors (Lipinski definition) is 1. The number of benzene rings is 1. The summed E-state index contributed by atoms with van der Waals surface area (Å²) >= 11 is 0. The fraction of sp³-hybridized carbons (Fsp3) is 0.500. The van der Waals surface area contributed by atoms with Crippen molar-refractivity contribution in [2.45, 2.75) is 50.2 Å². The number of ketones is 1. The van der Waals surface area contributed by atoms with Crippen LogP contribution < -0.4 is 5.73 Å². The number of fused-ring (bicyclic) bond motifs is 1. The van der Waals surface area contributed by atoms with Crippen LogP contribution in [0.5, 0.6) is 0 Å². The van der Waals surface area contributed by atoms with Crippen LogP contribution in [0.3, 0.4) is 0 Å². The number of amides is 1. The predicted molar refractivity (Wildman–Crippen MR) is 121 cm³/mol. The number of carbonyl (C=O) groups excluding carboxylic acids is 2. The van der Waals surface area contributed by atoms with Crippen LogP contribution in [0.2, 0.25) is 0 Å². The van der Waals surface area contributed by atoms with Gasteiger partial charge in [0, 0.05) is 30.9 Å². The first-order chi connectivity index (χ1) is 14.9. The topological polar surface area (TPSA) is 123 Å². The van der Waals surface area contributed by atoms with Gasteiger partial charge in [0.1, 0.15) is 11.1 Å². The number of pyridine rings is 1. The van der Waals surface area contributed by atoms with Crippen molar-refractivity contribution in [3.63, 3.8) is 0 Å². The molecule has 0 unspecified atom stereocenters. The summed E-state index contributed by atoms with van der Waals surface area (Å²) in [5.41, 5.74) is 3.42. The first kappa shape index (κ1) is 24.1. The Bertz CT molecular complexity index is 1130. The number of ether oxygens (including phenoxy) is 1. The molecule has 9 nitrogen and oxygen atoms in total. The number of sulfonamides is 1. The molecule has 174 valence electrons. The standard InChI is InChI=1S/C22H30N4O5S/c1-21(2,3)31-20(28)25-10-5-11-26(22(4,15-25)19(27)13-23)32(29,30)18-7-6-17-14-24-9-8-16(17)12-18/h6-9,12,14H,5,10-11,13,15,23H2,1-4H3/t22-/m0/s1. The van der Waals surface area contributed by atoms with E-state index in [2.05, 4.69) is 4.98 Å². The van der Waals surface area contributed by atoms with Crippen LogP contribution in [-0.2, 0) is 19.6 Å². The van der Waals surface area contributed by atoms with E-state index in [4.69, 9.17) is 10.5 Å². The quantitative estimate of drug-likeness (QED) is 0.738. The van der Waals surface area contributed by atoms with Gasteiger partial charge < -0.3 is 15.4 Å². The average molecular weight is 463 g/mol. The molecule has 1 saturated heterocycles. The third-order valence-electron chi connectivity index (χ3n) is 5.48. The molecule has 1 aliphatic rings. The molecule has 1 aromatic carbocycles. The Balaban J connectivity index is 2.02. The highest BCUT2D eigenvalue weighted by molar-refractivity contribution is 7.89. The maximum absolute atomic E-state index is 13.7. The lowest BCUT2D eigenvalue weighted by Gasteiger charge is -2.39. The van der Waals surface area contributed by atoms with Crippen molar-refractivity contribution in [3.8, 4) is 0 Å². The summed E-state index contributed by atoms with van der Waals surface area (Å²) in [5.74, 6) is -0.471. The maximum atomic E-state index is 13.7. The lowest BCUT2D eigenvalue weighted by Crippen LogP contribution is -2.61. The van der Waals surface area contributed by atoms with E-state index in [9.17, 15) is 18.0 Å². The van der Waals surface area contributed by atoms with Crippen LogP contribution in [0, 0.1) is 0 Å². The maximum Gasteiger partial charge on any atom is 0.410 e. The number of aromatic nitrogens is 1. The molecule has 2 N–H and O–H groups in total. The van der Waals surface area contributed by atoms with Gasteiger partial charge in [0.2, 0.25) is 10.0 Å². The number of nitrogens with two attached hydrogens (primary N) is 1. The molecule has 1 aromatic heterocycles. The van der Waals surface area contributed by atoms with Gasteiger partial charge in [0.25, 0.3) is 0 Å². The average Bonchev–Trinajstić information content (AvgIpc) is 2.91. The fourth-order valence-corrected chi connectivity index (χ4v) is 5.68. The van der Waals surface area contributed by atoms with E-state index in [1.807, 2.05) is 0 Å². The van der Waals surface area contributed by atoms with Crippen LogP contribution >= 0.6 is 0 Å². The lowest BCUT2D eigenvalue weighted by atomic mass is 9.96. The molecule has 1 aliphatic heterocycles. The molecule has 1 amide bonds. The number of hydrogen-bond acceptors (Lipinski definition) is 7. The molecule has 0 saturated carbocycles. The van der Waals surface area contributed by atoms with Crippen molar-refractivity contribution in [3.05, 3.63) is 36.7 Å². The van der Waals surface area contributed by atoms with E-state index in [1.165, 1.54) is 22.2 Å². The second-order valence-electron chi connectivity index (χ2n) is 9.12. The molecule has 10 heteroatoms. The molecular formula is C22H30N4O5S. The summed E-state index contributed by atoms with van der Waals surface area (Å²) in [6.07, 6.45) is 3.00. The summed E-state index contributed by atoms with van der Waals surface area (Å²) in [7, 11) is -4.07. The Morgan fingerprint density at radius 1 is 1.19 bits per heavy atom. The summed E-state index contributed by atoms with van der Waals surface area (Å²) in [6.45, 7) is 6.60. The van der Waals surface area contributed by atoms with Gasteiger partial charge in [-0.1, -0.05) is 6.07 Å². The molecule has 0 aliphatic carbocycles. The van der Waals surface area contributed by atoms with Gasteiger partial charge in [-0.25, -0.2) is 13.2 Å². The number of carbonyl (C=O) groups is 2. The smallest absolute Gasteiger partial charge is 0.410 e. The zero-order valence-corrected chi connectivity index (χ0v) is 19.7. The zero-order chi connectivity index (χ0) is 23.7. The minimum absolute atomic E-state index is 0.0676. The van der Waals surface area contributed by atoms with Gasteiger partial charge >= 0.3 is 6.09 Å². The second kappa shape index (κ2) is 8.76. The SMILES string of the molecule is CC(C)(C)OC(=O)N1CCCN(S(=O)(=O)c2ccc3cnccc3c2)[C@](C)(C(=O)CN)C1. The van der Waals surface area contributed by atoms with Crippen molar-refractivity contribution in [1.29, 1.82) is 0 Å². The van der Waals surface area contributed by atoms with Gasteiger partial charge in [0.15, 0.2) is 5.78 Å². The third-order valence-corrected chi connectivity index (χ3v) is 7.49. The van der Waals surface area contributed by atoms with E-state index in [0.717, 1.165) is 10.8 Å². The normalized spacial score (nSPS) is 20.7. The Morgan fingerprint density at radius 3 is 2.56 bits per heavy atom. The Kier molecular flexibility index (Phi) is 6.60. The van der Waals surface area contributed by atoms with E-state index in [-0.39, 0.29) is 31.1 Å². The van der Waals surface area contributed by atoms with Crippen LogP contribution in [0.1, 0.15) is 34.1 Å². The van der Waals surface area contributed by atoms with Crippen molar-refractivity contribution >= 4 is 32.7 Å². The largest absolute Gasteiger partial charge is 0.444 e. The van der Waals surface area contributed by atoms with Crippen molar-refractivity contribution < 1.29 is 22.7 Å². The van der Waals surface area contributed by atoms with Gasteiger partial charge in [-0.05, 0) is 57.7 Å².